The SMILES string of the molecule is CN1CCN(CCCNC(=O)c2cc3c([nH]c2=O)CCC3)CC1. The van der Waals surface area contributed by atoms with Gasteiger partial charge in [-0.2, -0.15) is 0 Å². The number of fused-ring (bicyclic) bond motifs is 1. The van der Waals surface area contributed by atoms with Crippen LogP contribution in [0.4, 0.5) is 0 Å². The van der Waals surface area contributed by atoms with Crippen LogP contribution in [0.5, 0.6) is 0 Å². The molecule has 2 heterocycles. The van der Waals surface area contributed by atoms with E-state index in [1.807, 2.05) is 0 Å². The van der Waals surface area contributed by atoms with Crippen LogP contribution in [0.2, 0.25) is 0 Å². The van der Waals surface area contributed by atoms with Gasteiger partial charge in [-0.1, -0.05) is 0 Å². The molecule has 6 heteroatoms. The van der Waals surface area contributed by atoms with E-state index in [0.717, 1.165) is 69.7 Å². The fraction of sp³-hybridized carbons (Fsp3) is 0.647. The van der Waals surface area contributed by atoms with Gasteiger partial charge in [0.15, 0.2) is 0 Å². The van der Waals surface area contributed by atoms with Gasteiger partial charge in [0.1, 0.15) is 5.56 Å². The highest BCUT2D eigenvalue weighted by Gasteiger charge is 2.18. The molecule has 1 saturated heterocycles. The Bertz CT molecular complexity index is 618. The van der Waals surface area contributed by atoms with Gasteiger partial charge in [0.25, 0.3) is 11.5 Å². The Kier molecular flexibility index (Phi) is 5.13. The molecule has 1 aromatic rings. The van der Waals surface area contributed by atoms with Crippen LogP contribution in [0.15, 0.2) is 10.9 Å². The second kappa shape index (κ2) is 7.27. The summed E-state index contributed by atoms with van der Waals surface area (Å²) in [6, 6.07) is 1.77. The van der Waals surface area contributed by atoms with Gasteiger partial charge >= 0.3 is 0 Å². The molecule has 1 aromatic heterocycles. The topological polar surface area (TPSA) is 68.4 Å². The largest absolute Gasteiger partial charge is 0.352 e. The molecule has 3 rings (SSSR count). The fourth-order valence-electron chi connectivity index (χ4n) is 3.35. The summed E-state index contributed by atoms with van der Waals surface area (Å²) in [6.45, 7) is 6.01. The average Bonchev–Trinajstić information content (AvgIpc) is 2.99. The maximum Gasteiger partial charge on any atom is 0.261 e. The number of carbonyl (C=O) groups excluding carboxylic acids is 1. The van der Waals surface area contributed by atoms with Gasteiger partial charge < -0.3 is 20.1 Å². The summed E-state index contributed by atoms with van der Waals surface area (Å²) in [6.07, 6.45) is 3.84. The van der Waals surface area contributed by atoms with E-state index in [-0.39, 0.29) is 17.0 Å². The molecule has 0 radical (unpaired) electrons. The first-order valence-electron chi connectivity index (χ1n) is 8.57. The van der Waals surface area contributed by atoms with E-state index in [9.17, 15) is 9.59 Å². The number of nitrogens with zero attached hydrogens (tertiary/aromatic N) is 2. The van der Waals surface area contributed by atoms with E-state index in [0.29, 0.717) is 6.54 Å². The van der Waals surface area contributed by atoms with E-state index in [2.05, 4.69) is 27.1 Å². The molecular formula is C17H26N4O2. The molecule has 126 valence electrons. The molecule has 2 aliphatic rings. The first kappa shape index (κ1) is 16.2. The number of aromatic amines is 1. The van der Waals surface area contributed by atoms with Crippen LogP contribution in [0.25, 0.3) is 0 Å². The molecular weight excluding hydrogens is 292 g/mol. The van der Waals surface area contributed by atoms with Crippen LogP contribution in [0.3, 0.4) is 0 Å². The molecule has 1 aliphatic carbocycles. The maximum absolute atomic E-state index is 12.2. The molecule has 0 saturated carbocycles. The van der Waals surface area contributed by atoms with Crippen LogP contribution in [0, 0.1) is 0 Å². The summed E-state index contributed by atoms with van der Waals surface area (Å²) in [5.41, 5.74) is 2.11. The Balaban J connectivity index is 1.46. The van der Waals surface area contributed by atoms with Crippen molar-refractivity contribution in [3.63, 3.8) is 0 Å². The van der Waals surface area contributed by atoms with Crippen LogP contribution >= 0.6 is 0 Å². The minimum absolute atomic E-state index is 0.251. The molecule has 0 bridgehead atoms. The van der Waals surface area contributed by atoms with E-state index in [1.54, 1.807) is 6.07 Å². The Morgan fingerprint density at radius 1 is 1.26 bits per heavy atom. The number of hydrogen-bond acceptors (Lipinski definition) is 4. The van der Waals surface area contributed by atoms with E-state index in [4.69, 9.17) is 0 Å². The van der Waals surface area contributed by atoms with Crippen molar-refractivity contribution >= 4 is 5.91 Å². The molecule has 1 fully saturated rings. The van der Waals surface area contributed by atoms with Crippen molar-refractivity contribution in [3.8, 4) is 0 Å². The van der Waals surface area contributed by atoms with Crippen molar-refractivity contribution in [3.05, 3.63) is 33.2 Å². The van der Waals surface area contributed by atoms with Gasteiger partial charge in [-0.25, -0.2) is 0 Å². The monoisotopic (exact) mass is 318 g/mol. The lowest BCUT2D eigenvalue weighted by Gasteiger charge is -2.32. The number of likely N-dealkylation sites (N-methyl/N-ethyl adjacent to an activating group) is 1. The Morgan fingerprint density at radius 2 is 2.04 bits per heavy atom. The molecule has 2 N–H and O–H groups in total. The lowest BCUT2D eigenvalue weighted by Crippen LogP contribution is -2.45. The number of aromatic nitrogens is 1. The summed E-state index contributed by atoms with van der Waals surface area (Å²) in [5, 5.41) is 2.88. The van der Waals surface area contributed by atoms with Gasteiger partial charge in [0.05, 0.1) is 0 Å². The van der Waals surface area contributed by atoms with Gasteiger partial charge in [0, 0.05) is 38.4 Å². The molecule has 0 unspecified atom stereocenters. The second-order valence-corrected chi connectivity index (χ2v) is 6.62. The smallest absolute Gasteiger partial charge is 0.261 e. The third kappa shape index (κ3) is 4.00. The van der Waals surface area contributed by atoms with Gasteiger partial charge in [-0.15, -0.1) is 0 Å². The lowest BCUT2D eigenvalue weighted by molar-refractivity contribution is 0.0948. The third-order valence-corrected chi connectivity index (χ3v) is 4.87. The number of piperazine rings is 1. The number of amides is 1. The number of rotatable bonds is 5. The zero-order chi connectivity index (χ0) is 16.2. The standard InChI is InChI=1S/C17H26N4O2/c1-20-8-10-21(11-9-20)7-3-6-18-16(22)14-12-13-4-2-5-15(13)19-17(14)23/h12H,2-11H2,1H3,(H,18,22)(H,19,23). The second-order valence-electron chi connectivity index (χ2n) is 6.62. The Labute approximate surface area is 136 Å². The molecule has 6 nitrogen and oxygen atoms in total. The van der Waals surface area contributed by atoms with Crippen molar-refractivity contribution in [2.45, 2.75) is 25.7 Å². The van der Waals surface area contributed by atoms with Gasteiger partial charge in [-0.05, 0) is 50.9 Å². The Hall–Kier alpha value is -1.66. The maximum atomic E-state index is 12.2. The molecule has 23 heavy (non-hydrogen) atoms. The lowest BCUT2D eigenvalue weighted by atomic mass is 10.1. The summed E-state index contributed by atoms with van der Waals surface area (Å²) >= 11 is 0. The third-order valence-electron chi connectivity index (χ3n) is 4.87. The normalized spacial score (nSPS) is 18.8. The minimum Gasteiger partial charge on any atom is -0.352 e. The number of carbonyl (C=O) groups is 1. The predicted octanol–water partition coefficient (Wildman–Crippen LogP) is 0.231. The van der Waals surface area contributed by atoms with Crippen molar-refractivity contribution in [2.24, 2.45) is 0 Å². The van der Waals surface area contributed by atoms with Crippen LogP contribution in [-0.2, 0) is 12.8 Å². The van der Waals surface area contributed by atoms with Crippen molar-refractivity contribution in [2.75, 3.05) is 46.3 Å². The zero-order valence-corrected chi connectivity index (χ0v) is 13.9. The van der Waals surface area contributed by atoms with Crippen molar-refractivity contribution in [1.82, 2.24) is 20.1 Å². The van der Waals surface area contributed by atoms with E-state index >= 15 is 0 Å². The Morgan fingerprint density at radius 3 is 2.83 bits per heavy atom. The number of pyridine rings is 1. The molecule has 1 aliphatic heterocycles. The summed E-state index contributed by atoms with van der Waals surface area (Å²) < 4.78 is 0. The fourth-order valence-corrected chi connectivity index (χ4v) is 3.35. The summed E-state index contributed by atoms with van der Waals surface area (Å²) in [4.78, 5) is 31.8. The molecule has 0 aromatic carbocycles. The number of aryl methyl sites for hydroxylation is 2. The van der Waals surface area contributed by atoms with E-state index in [1.165, 1.54) is 0 Å². The van der Waals surface area contributed by atoms with E-state index < -0.39 is 0 Å². The first-order valence-corrected chi connectivity index (χ1v) is 8.57. The summed E-state index contributed by atoms with van der Waals surface area (Å²) in [5.74, 6) is -0.251. The van der Waals surface area contributed by atoms with Crippen molar-refractivity contribution < 1.29 is 4.79 Å². The molecule has 1 amide bonds. The van der Waals surface area contributed by atoms with Crippen molar-refractivity contribution in [1.29, 1.82) is 0 Å². The highest BCUT2D eigenvalue weighted by atomic mass is 16.2. The first-order chi connectivity index (χ1) is 11.1. The average molecular weight is 318 g/mol. The predicted molar refractivity (Wildman–Crippen MR) is 90.0 cm³/mol. The molecule has 0 spiro atoms. The quantitative estimate of drug-likeness (QED) is 0.763. The van der Waals surface area contributed by atoms with Crippen LogP contribution < -0.4 is 10.9 Å². The van der Waals surface area contributed by atoms with Crippen LogP contribution in [-0.4, -0.2) is 67.0 Å². The minimum atomic E-state index is -0.262. The van der Waals surface area contributed by atoms with Gasteiger partial charge in [0.2, 0.25) is 0 Å². The highest BCUT2D eigenvalue weighted by molar-refractivity contribution is 5.94. The zero-order valence-electron chi connectivity index (χ0n) is 13.9. The highest BCUT2D eigenvalue weighted by Crippen LogP contribution is 2.18. The number of nitrogens with one attached hydrogen (secondary N) is 2. The number of hydrogen-bond donors (Lipinski definition) is 2. The van der Waals surface area contributed by atoms with Gasteiger partial charge in [-0.3, -0.25) is 9.59 Å². The molecule has 0 atom stereocenters. The number of H-pyrrole nitrogens is 1. The summed E-state index contributed by atoms with van der Waals surface area (Å²) in [7, 11) is 2.14. The van der Waals surface area contributed by atoms with Crippen LogP contribution in [0.1, 0.15) is 34.5 Å².